The zero-order valence-electron chi connectivity index (χ0n) is 10.1. The Kier molecular flexibility index (Phi) is 2.92. The Morgan fingerprint density at radius 1 is 1.25 bits per heavy atom. The van der Waals surface area contributed by atoms with Gasteiger partial charge in [0, 0.05) is 4.47 Å². The molecular formula is C14H8BrFN4. The summed E-state index contributed by atoms with van der Waals surface area (Å²) in [5.41, 5.74) is 7.85. The minimum Gasteiger partial charge on any atom is -0.369 e. The first-order valence-electron chi connectivity index (χ1n) is 5.73. The van der Waals surface area contributed by atoms with Gasteiger partial charge in [0.25, 0.3) is 0 Å². The number of halogens is 2. The van der Waals surface area contributed by atoms with Crippen molar-refractivity contribution in [3.63, 3.8) is 0 Å². The van der Waals surface area contributed by atoms with Gasteiger partial charge in [-0.25, -0.2) is 9.37 Å². The number of hydrogen-bond acceptors (Lipinski definition) is 3. The molecule has 3 aromatic rings. The van der Waals surface area contributed by atoms with Crippen molar-refractivity contribution in [1.29, 1.82) is 5.26 Å². The summed E-state index contributed by atoms with van der Waals surface area (Å²) < 4.78 is 16.2. The Labute approximate surface area is 122 Å². The Hall–Kier alpha value is -2.39. The third kappa shape index (κ3) is 1.92. The topological polar surface area (TPSA) is 67.6 Å². The summed E-state index contributed by atoms with van der Waals surface area (Å²) in [6, 6.07) is 11.7. The fourth-order valence-corrected chi connectivity index (χ4v) is 2.41. The first-order valence-corrected chi connectivity index (χ1v) is 6.53. The van der Waals surface area contributed by atoms with E-state index in [0.717, 1.165) is 0 Å². The number of rotatable bonds is 1. The lowest BCUT2D eigenvalue weighted by Crippen LogP contribution is -2.03. The van der Waals surface area contributed by atoms with Gasteiger partial charge < -0.3 is 5.73 Å². The number of anilines is 1. The molecule has 0 saturated carbocycles. The number of nitrogens with zero attached hydrogens (tertiary/aromatic N) is 3. The molecule has 20 heavy (non-hydrogen) atoms. The summed E-state index contributed by atoms with van der Waals surface area (Å²) in [6.45, 7) is 0. The number of aromatic nitrogens is 2. The van der Waals surface area contributed by atoms with E-state index in [-0.39, 0.29) is 5.95 Å². The van der Waals surface area contributed by atoms with E-state index in [0.29, 0.717) is 26.8 Å². The van der Waals surface area contributed by atoms with Gasteiger partial charge in [0.15, 0.2) is 0 Å². The molecule has 0 fully saturated rings. The monoisotopic (exact) mass is 330 g/mol. The van der Waals surface area contributed by atoms with Crippen LogP contribution in [0.4, 0.5) is 10.3 Å². The minimum absolute atomic E-state index is 0.177. The standard InChI is InChI=1S/C14H8BrFN4/c15-9-2-4-12(10(16)6-9)20-13-5-8(7-17)1-3-11(13)19-14(20)18/h1-6H,(H2,18,19). The smallest absolute Gasteiger partial charge is 0.206 e. The van der Waals surface area contributed by atoms with Crippen molar-refractivity contribution in [3.8, 4) is 11.8 Å². The first-order chi connectivity index (χ1) is 9.60. The highest BCUT2D eigenvalue weighted by atomic mass is 79.9. The Morgan fingerprint density at radius 2 is 2.05 bits per heavy atom. The van der Waals surface area contributed by atoms with Gasteiger partial charge in [-0.15, -0.1) is 0 Å². The molecule has 0 saturated heterocycles. The fourth-order valence-electron chi connectivity index (χ4n) is 2.08. The lowest BCUT2D eigenvalue weighted by atomic mass is 10.2. The minimum atomic E-state index is -0.423. The molecular weight excluding hydrogens is 323 g/mol. The summed E-state index contributed by atoms with van der Waals surface area (Å²) in [5, 5.41) is 8.97. The molecule has 0 radical (unpaired) electrons. The average molecular weight is 331 g/mol. The van der Waals surface area contributed by atoms with Crippen molar-refractivity contribution in [2.75, 3.05) is 5.73 Å². The van der Waals surface area contributed by atoms with Crippen LogP contribution in [0.5, 0.6) is 0 Å². The molecule has 2 N–H and O–H groups in total. The van der Waals surface area contributed by atoms with Gasteiger partial charge in [-0.2, -0.15) is 5.26 Å². The van der Waals surface area contributed by atoms with Crippen LogP contribution in [0.1, 0.15) is 5.56 Å². The number of nitrogen functional groups attached to an aromatic ring is 1. The summed E-state index contributed by atoms with van der Waals surface area (Å²) in [4.78, 5) is 4.18. The highest BCUT2D eigenvalue weighted by molar-refractivity contribution is 9.10. The quantitative estimate of drug-likeness (QED) is 0.743. The zero-order chi connectivity index (χ0) is 14.3. The SMILES string of the molecule is N#Cc1ccc2nc(N)n(-c3ccc(Br)cc3F)c2c1. The summed E-state index contributed by atoms with van der Waals surface area (Å²) in [5.74, 6) is -0.246. The van der Waals surface area contributed by atoms with Gasteiger partial charge in [-0.3, -0.25) is 4.57 Å². The van der Waals surface area contributed by atoms with Crippen molar-refractivity contribution in [1.82, 2.24) is 9.55 Å². The molecule has 0 bridgehead atoms. The van der Waals surface area contributed by atoms with Crippen molar-refractivity contribution < 1.29 is 4.39 Å². The predicted octanol–water partition coefficient (Wildman–Crippen LogP) is 3.38. The van der Waals surface area contributed by atoms with Crippen LogP contribution in [0.3, 0.4) is 0 Å². The van der Waals surface area contributed by atoms with E-state index < -0.39 is 5.82 Å². The number of nitrogens with two attached hydrogens (primary N) is 1. The molecule has 3 rings (SSSR count). The van der Waals surface area contributed by atoms with Crippen molar-refractivity contribution >= 4 is 32.9 Å². The molecule has 2 aromatic carbocycles. The number of nitriles is 1. The highest BCUT2D eigenvalue weighted by Gasteiger charge is 2.14. The first kappa shape index (κ1) is 12.6. The van der Waals surface area contributed by atoms with E-state index in [1.165, 1.54) is 10.6 Å². The van der Waals surface area contributed by atoms with Crippen LogP contribution in [0, 0.1) is 17.1 Å². The molecule has 0 aliphatic heterocycles. The number of benzene rings is 2. The predicted molar refractivity (Wildman–Crippen MR) is 77.9 cm³/mol. The maximum absolute atomic E-state index is 14.1. The second-order valence-corrected chi connectivity index (χ2v) is 5.13. The van der Waals surface area contributed by atoms with Crippen LogP contribution >= 0.6 is 15.9 Å². The Balaban J connectivity index is 2.35. The normalized spacial score (nSPS) is 10.7. The molecule has 1 heterocycles. The van der Waals surface area contributed by atoms with E-state index in [1.807, 2.05) is 6.07 Å². The van der Waals surface area contributed by atoms with Gasteiger partial charge >= 0.3 is 0 Å². The van der Waals surface area contributed by atoms with E-state index in [1.54, 1.807) is 30.3 Å². The third-order valence-corrected chi connectivity index (χ3v) is 3.45. The summed E-state index contributed by atoms with van der Waals surface area (Å²) in [7, 11) is 0. The fraction of sp³-hybridized carbons (Fsp3) is 0. The van der Waals surface area contributed by atoms with Crippen LogP contribution in [-0.4, -0.2) is 9.55 Å². The van der Waals surface area contributed by atoms with Crippen molar-refractivity contribution in [3.05, 3.63) is 52.3 Å². The highest BCUT2D eigenvalue weighted by Crippen LogP contribution is 2.27. The van der Waals surface area contributed by atoms with Crippen molar-refractivity contribution in [2.24, 2.45) is 0 Å². The molecule has 1 aromatic heterocycles. The average Bonchev–Trinajstić information content (AvgIpc) is 2.74. The van der Waals surface area contributed by atoms with E-state index in [2.05, 4.69) is 20.9 Å². The number of hydrogen-bond donors (Lipinski definition) is 1. The molecule has 6 heteroatoms. The largest absolute Gasteiger partial charge is 0.369 e. The third-order valence-electron chi connectivity index (χ3n) is 2.96. The van der Waals surface area contributed by atoms with Crippen LogP contribution in [0.2, 0.25) is 0 Å². The molecule has 0 atom stereocenters. The number of fused-ring (bicyclic) bond motifs is 1. The van der Waals surface area contributed by atoms with Crippen LogP contribution < -0.4 is 5.73 Å². The van der Waals surface area contributed by atoms with Crippen LogP contribution in [0.15, 0.2) is 40.9 Å². The van der Waals surface area contributed by atoms with E-state index >= 15 is 0 Å². The molecule has 0 aliphatic carbocycles. The summed E-state index contributed by atoms with van der Waals surface area (Å²) >= 11 is 3.21. The van der Waals surface area contributed by atoms with Gasteiger partial charge in [0.05, 0.1) is 28.4 Å². The van der Waals surface area contributed by atoms with Crippen molar-refractivity contribution in [2.45, 2.75) is 0 Å². The molecule has 4 nitrogen and oxygen atoms in total. The molecule has 0 amide bonds. The van der Waals surface area contributed by atoms with Gasteiger partial charge in [-0.1, -0.05) is 15.9 Å². The van der Waals surface area contributed by atoms with E-state index in [4.69, 9.17) is 11.0 Å². The van der Waals surface area contributed by atoms with Gasteiger partial charge in [-0.05, 0) is 36.4 Å². The second-order valence-electron chi connectivity index (χ2n) is 4.22. The molecule has 0 unspecified atom stereocenters. The maximum atomic E-state index is 14.1. The maximum Gasteiger partial charge on any atom is 0.206 e. The van der Waals surface area contributed by atoms with Crippen LogP contribution in [0.25, 0.3) is 16.7 Å². The zero-order valence-corrected chi connectivity index (χ0v) is 11.7. The molecule has 0 spiro atoms. The molecule has 0 aliphatic rings. The van der Waals surface area contributed by atoms with Gasteiger partial charge in [0.2, 0.25) is 5.95 Å². The molecule has 98 valence electrons. The lowest BCUT2D eigenvalue weighted by molar-refractivity contribution is 0.619. The summed E-state index contributed by atoms with van der Waals surface area (Å²) in [6.07, 6.45) is 0. The van der Waals surface area contributed by atoms with Gasteiger partial charge in [0.1, 0.15) is 5.82 Å². The van der Waals surface area contributed by atoms with Crippen LogP contribution in [-0.2, 0) is 0 Å². The second kappa shape index (κ2) is 4.62. The Bertz CT molecular complexity index is 863. The van der Waals surface area contributed by atoms with E-state index in [9.17, 15) is 4.39 Å². The Morgan fingerprint density at radius 3 is 2.75 bits per heavy atom. The lowest BCUT2D eigenvalue weighted by Gasteiger charge is -2.08. The number of imidazole rings is 1.